The summed E-state index contributed by atoms with van der Waals surface area (Å²) in [6, 6.07) is 5.68. The summed E-state index contributed by atoms with van der Waals surface area (Å²) in [5.41, 5.74) is 1.11. The summed E-state index contributed by atoms with van der Waals surface area (Å²) < 4.78 is 10.6. The summed E-state index contributed by atoms with van der Waals surface area (Å²) in [7, 11) is 1.60. The van der Waals surface area contributed by atoms with Gasteiger partial charge in [-0.2, -0.15) is 0 Å². The van der Waals surface area contributed by atoms with Gasteiger partial charge in [-0.25, -0.2) is 0 Å². The van der Waals surface area contributed by atoms with E-state index in [-0.39, 0.29) is 6.61 Å². The highest BCUT2D eigenvalue weighted by Gasteiger charge is 2.07. The van der Waals surface area contributed by atoms with Crippen LogP contribution in [0.2, 0.25) is 0 Å². The summed E-state index contributed by atoms with van der Waals surface area (Å²) in [6.07, 6.45) is -0.504. The fourth-order valence-electron chi connectivity index (χ4n) is 1.12. The molecule has 1 atom stereocenters. The second-order valence-corrected chi connectivity index (χ2v) is 3.92. The maximum atomic E-state index is 9.32. The molecule has 1 aromatic rings. The molecule has 84 valence electrons. The van der Waals surface area contributed by atoms with Crippen molar-refractivity contribution in [1.29, 1.82) is 0 Å². The molecule has 15 heavy (non-hydrogen) atoms. The van der Waals surface area contributed by atoms with Gasteiger partial charge >= 0.3 is 0 Å². The van der Waals surface area contributed by atoms with Crippen LogP contribution in [0.15, 0.2) is 18.2 Å². The van der Waals surface area contributed by atoms with Gasteiger partial charge in [0.1, 0.15) is 6.61 Å². The lowest BCUT2D eigenvalue weighted by atomic mass is 10.2. The second-order valence-electron chi connectivity index (χ2n) is 3.27. The zero-order valence-corrected chi connectivity index (χ0v) is 10.5. The van der Waals surface area contributed by atoms with Crippen molar-refractivity contribution in [3.63, 3.8) is 0 Å². The predicted octanol–water partition coefficient (Wildman–Crippen LogP) is 2.14. The number of alkyl halides is 1. The van der Waals surface area contributed by atoms with Gasteiger partial charge in [-0.15, -0.1) is 0 Å². The maximum absolute atomic E-state index is 9.32. The van der Waals surface area contributed by atoms with Crippen molar-refractivity contribution in [2.24, 2.45) is 0 Å². The van der Waals surface area contributed by atoms with Crippen LogP contribution >= 0.6 is 15.9 Å². The van der Waals surface area contributed by atoms with Crippen LogP contribution in [0.1, 0.15) is 5.56 Å². The minimum absolute atomic E-state index is 0.255. The first kappa shape index (κ1) is 12.3. The molecule has 0 spiro atoms. The Morgan fingerprint density at radius 2 is 2.13 bits per heavy atom. The van der Waals surface area contributed by atoms with Crippen molar-refractivity contribution in [3.8, 4) is 11.5 Å². The average molecular weight is 275 g/mol. The summed E-state index contributed by atoms with van der Waals surface area (Å²) >= 11 is 3.17. The summed E-state index contributed by atoms with van der Waals surface area (Å²) in [6.45, 7) is 2.24. The lowest BCUT2D eigenvalue weighted by Crippen LogP contribution is -2.18. The number of ether oxygens (including phenoxy) is 2. The van der Waals surface area contributed by atoms with Gasteiger partial charge in [0.05, 0.1) is 13.2 Å². The van der Waals surface area contributed by atoms with Crippen LogP contribution in [0.25, 0.3) is 0 Å². The number of methoxy groups -OCH3 is 1. The third-order valence-corrected chi connectivity index (χ3v) is 2.68. The molecule has 3 nitrogen and oxygen atoms in total. The fraction of sp³-hybridized carbons (Fsp3) is 0.455. The Morgan fingerprint density at radius 3 is 2.73 bits per heavy atom. The van der Waals surface area contributed by atoms with Crippen LogP contribution in [0.4, 0.5) is 0 Å². The van der Waals surface area contributed by atoms with Crippen LogP contribution in [0.5, 0.6) is 11.5 Å². The van der Waals surface area contributed by atoms with E-state index in [4.69, 9.17) is 9.47 Å². The van der Waals surface area contributed by atoms with E-state index in [0.717, 1.165) is 5.56 Å². The highest BCUT2D eigenvalue weighted by Crippen LogP contribution is 2.27. The Morgan fingerprint density at radius 1 is 1.40 bits per heavy atom. The average Bonchev–Trinajstić information content (AvgIpc) is 2.26. The van der Waals surface area contributed by atoms with E-state index < -0.39 is 6.10 Å². The number of halogens is 1. The molecule has 0 bridgehead atoms. The standard InChI is InChI=1S/C11H15BrO3/c1-8-3-4-10(11(5-8)14-2)15-7-9(13)6-12/h3-5,9,13H,6-7H2,1-2H3. The Hall–Kier alpha value is -0.740. The largest absolute Gasteiger partial charge is 0.493 e. The maximum Gasteiger partial charge on any atom is 0.161 e. The van der Waals surface area contributed by atoms with E-state index in [1.807, 2.05) is 25.1 Å². The molecule has 0 fully saturated rings. The summed E-state index contributed by atoms with van der Waals surface area (Å²) in [4.78, 5) is 0. The number of hydrogen-bond donors (Lipinski definition) is 1. The fourth-order valence-corrected chi connectivity index (χ4v) is 1.31. The Bertz CT molecular complexity index is 315. The van der Waals surface area contributed by atoms with Crippen LogP contribution in [-0.4, -0.2) is 30.3 Å². The quantitative estimate of drug-likeness (QED) is 0.837. The van der Waals surface area contributed by atoms with Crippen LogP contribution in [0, 0.1) is 6.92 Å². The number of hydrogen-bond acceptors (Lipinski definition) is 3. The van der Waals surface area contributed by atoms with Gasteiger partial charge in [-0.1, -0.05) is 22.0 Å². The molecule has 0 saturated heterocycles. The van der Waals surface area contributed by atoms with Gasteiger partial charge in [0.25, 0.3) is 0 Å². The zero-order chi connectivity index (χ0) is 11.3. The van der Waals surface area contributed by atoms with Gasteiger partial charge in [0.2, 0.25) is 0 Å². The van der Waals surface area contributed by atoms with Crippen molar-refractivity contribution in [3.05, 3.63) is 23.8 Å². The highest BCUT2D eigenvalue weighted by molar-refractivity contribution is 9.09. The van der Waals surface area contributed by atoms with Crippen LogP contribution < -0.4 is 9.47 Å². The molecule has 0 aliphatic carbocycles. The van der Waals surface area contributed by atoms with Crippen LogP contribution in [-0.2, 0) is 0 Å². The Labute approximate surface area is 98.1 Å². The number of aliphatic hydroxyl groups excluding tert-OH is 1. The van der Waals surface area contributed by atoms with Gasteiger partial charge in [0, 0.05) is 5.33 Å². The monoisotopic (exact) mass is 274 g/mol. The molecule has 0 aliphatic heterocycles. The number of benzene rings is 1. The lowest BCUT2D eigenvalue weighted by Gasteiger charge is -2.13. The van der Waals surface area contributed by atoms with Crippen molar-refractivity contribution < 1.29 is 14.6 Å². The third-order valence-electron chi connectivity index (χ3n) is 1.93. The molecule has 0 aliphatic rings. The molecular formula is C11H15BrO3. The highest BCUT2D eigenvalue weighted by atomic mass is 79.9. The second kappa shape index (κ2) is 5.98. The van der Waals surface area contributed by atoms with Gasteiger partial charge < -0.3 is 14.6 Å². The molecule has 1 aromatic carbocycles. The molecule has 0 heterocycles. The lowest BCUT2D eigenvalue weighted by molar-refractivity contribution is 0.125. The molecular weight excluding hydrogens is 260 g/mol. The summed E-state index contributed by atoms with van der Waals surface area (Å²) in [5, 5.41) is 9.83. The first-order valence-corrected chi connectivity index (χ1v) is 5.81. The van der Waals surface area contributed by atoms with Gasteiger partial charge in [-0.05, 0) is 24.6 Å². The molecule has 0 radical (unpaired) electrons. The van der Waals surface area contributed by atoms with E-state index >= 15 is 0 Å². The van der Waals surface area contributed by atoms with E-state index in [2.05, 4.69) is 15.9 Å². The van der Waals surface area contributed by atoms with Crippen molar-refractivity contribution in [2.45, 2.75) is 13.0 Å². The van der Waals surface area contributed by atoms with Gasteiger partial charge in [-0.3, -0.25) is 0 Å². The first-order chi connectivity index (χ1) is 7.17. The van der Waals surface area contributed by atoms with Crippen molar-refractivity contribution >= 4 is 15.9 Å². The minimum Gasteiger partial charge on any atom is -0.493 e. The molecule has 1 unspecified atom stereocenters. The number of aliphatic hydroxyl groups is 1. The van der Waals surface area contributed by atoms with E-state index in [1.165, 1.54) is 0 Å². The Balaban J connectivity index is 2.67. The SMILES string of the molecule is COc1cc(C)ccc1OCC(O)CBr. The zero-order valence-electron chi connectivity index (χ0n) is 8.87. The number of aryl methyl sites for hydroxylation is 1. The number of rotatable bonds is 5. The van der Waals surface area contributed by atoms with E-state index in [1.54, 1.807) is 7.11 Å². The van der Waals surface area contributed by atoms with Crippen molar-refractivity contribution in [2.75, 3.05) is 19.0 Å². The molecule has 1 N–H and O–H groups in total. The smallest absolute Gasteiger partial charge is 0.161 e. The summed E-state index contributed by atoms with van der Waals surface area (Å²) in [5.74, 6) is 1.35. The topological polar surface area (TPSA) is 38.7 Å². The Kier molecular flexibility index (Phi) is 4.91. The molecule has 1 rings (SSSR count). The van der Waals surface area contributed by atoms with E-state index in [0.29, 0.717) is 16.8 Å². The van der Waals surface area contributed by atoms with E-state index in [9.17, 15) is 5.11 Å². The molecule has 0 amide bonds. The molecule has 4 heteroatoms. The minimum atomic E-state index is -0.504. The van der Waals surface area contributed by atoms with Crippen LogP contribution in [0.3, 0.4) is 0 Å². The first-order valence-electron chi connectivity index (χ1n) is 4.69. The third kappa shape index (κ3) is 3.72. The van der Waals surface area contributed by atoms with Crippen molar-refractivity contribution in [1.82, 2.24) is 0 Å². The predicted molar refractivity (Wildman–Crippen MR) is 63.0 cm³/mol. The molecule has 0 aromatic heterocycles. The van der Waals surface area contributed by atoms with Gasteiger partial charge in [0.15, 0.2) is 11.5 Å². The molecule has 0 saturated carbocycles. The normalized spacial score (nSPS) is 12.3.